The molecule has 2 atom stereocenters. The second-order valence-electron chi connectivity index (χ2n) is 6.18. The van der Waals surface area contributed by atoms with Gasteiger partial charge in [0.25, 0.3) is 5.91 Å². The summed E-state index contributed by atoms with van der Waals surface area (Å²) in [5.74, 6) is 1.01. The number of hydrogen-bond acceptors (Lipinski definition) is 5. The van der Waals surface area contributed by atoms with Crippen molar-refractivity contribution in [2.45, 2.75) is 26.3 Å². The third kappa shape index (κ3) is 4.11. The van der Waals surface area contributed by atoms with Gasteiger partial charge in [0.2, 0.25) is 0 Å². The Hall–Kier alpha value is -2.12. The number of hydrogen-bond donors (Lipinski definition) is 2. The molecule has 0 saturated carbocycles. The van der Waals surface area contributed by atoms with Crippen LogP contribution in [0.1, 0.15) is 29.5 Å². The average molecular weight is 366 g/mol. The van der Waals surface area contributed by atoms with E-state index in [2.05, 4.69) is 27.9 Å². The molecule has 2 heterocycles. The molecule has 1 saturated heterocycles. The number of carbonyl (C=O) groups is 1. The molecule has 2 aromatic rings. The van der Waals surface area contributed by atoms with Crippen LogP contribution in [-0.4, -0.2) is 47.1 Å². The first-order valence-corrected chi connectivity index (χ1v) is 8.18. The van der Waals surface area contributed by atoms with E-state index in [-0.39, 0.29) is 24.4 Å². The highest BCUT2D eigenvalue weighted by Crippen LogP contribution is 2.17. The third-order valence-corrected chi connectivity index (χ3v) is 4.53. The fraction of sp³-hybridized carbons (Fsp3) is 0.471. The van der Waals surface area contributed by atoms with Crippen LogP contribution in [0.2, 0.25) is 0 Å². The van der Waals surface area contributed by atoms with E-state index in [0.29, 0.717) is 11.6 Å². The summed E-state index contributed by atoms with van der Waals surface area (Å²) in [6.07, 6.45) is 0.929. The molecular formula is C17H24ClN5O2. The number of nitrogens with one attached hydrogen (secondary N) is 2. The van der Waals surface area contributed by atoms with Crippen LogP contribution in [0.15, 0.2) is 24.3 Å². The summed E-state index contributed by atoms with van der Waals surface area (Å²) >= 11 is 0. The summed E-state index contributed by atoms with van der Waals surface area (Å²) in [6.45, 7) is 5.83. The Morgan fingerprint density at radius 1 is 1.36 bits per heavy atom. The van der Waals surface area contributed by atoms with Gasteiger partial charge in [-0.15, -0.1) is 17.5 Å². The summed E-state index contributed by atoms with van der Waals surface area (Å²) in [7, 11) is 1.62. The van der Waals surface area contributed by atoms with Gasteiger partial charge in [0.15, 0.2) is 5.69 Å². The summed E-state index contributed by atoms with van der Waals surface area (Å²) in [4.78, 5) is 12.6. The van der Waals surface area contributed by atoms with E-state index >= 15 is 0 Å². The van der Waals surface area contributed by atoms with Gasteiger partial charge in [0.05, 0.1) is 18.5 Å². The minimum Gasteiger partial charge on any atom is -0.497 e. The molecule has 1 fully saturated rings. The molecule has 0 bridgehead atoms. The number of amides is 1. The van der Waals surface area contributed by atoms with E-state index in [9.17, 15) is 4.79 Å². The van der Waals surface area contributed by atoms with Crippen molar-refractivity contribution in [1.82, 2.24) is 25.6 Å². The van der Waals surface area contributed by atoms with Crippen LogP contribution in [0.3, 0.4) is 0 Å². The van der Waals surface area contributed by atoms with Crippen LogP contribution < -0.4 is 15.4 Å². The topological polar surface area (TPSA) is 81.1 Å². The molecule has 8 heteroatoms. The highest BCUT2D eigenvalue weighted by molar-refractivity contribution is 5.93. The van der Waals surface area contributed by atoms with Crippen molar-refractivity contribution in [1.29, 1.82) is 0 Å². The van der Waals surface area contributed by atoms with Crippen molar-refractivity contribution >= 4 is 18.3 Å². The lowest BCUT2D eigenvalue weighted by Crippen LogP contribution is -2.48. The molecule has 0 spiro atoms. The zero-order chi connectivity index (χ0) is 17.1. The maximum atomic E-state index is 12.6. The van der Waals surface area contributed by atoms with Crippen molar-refractivity contribution in [3.63, 3.8) is 0 Å². The molecular weight excluding hydrogens is 342 g/mol. The minimum absolute atomic E-state index is 0. The number of aromatic nitrogens is 3. The van der Waals surface area contributed by atoms with Crippen molar-refractivity contribution in [2.75, 3.05) is 20.2 Å². The molecule has 1 aliphatic heterocycles. The van der Waals surface area contributed by atoms with Gasteiger partial charge in [-0.25, -0.2) is 4.68 Å². The van der Waals surface area contributed by atoms with E-state index in [4.69, 9.17) is 4.74 Å². The zero-order valence-electron chi connectivity index (χ0n) is 14.7. The largest absolute Gasteiger partial charge is 0.497 e. The second kappa shape index (κ2) is 8.31. The Bertz CT molecular complexity index is 716. The Balaban J connectivity index is 0.00000225. The SMILES string of the molecule is COc1ccc(-n2nnc(C(=O)NC3CCNCC3C)c2C)cc1.Cl. The molecule has 136 valence electrons. The van der Waals surface area contributed by atoms with Gasteiger partial charge in [0.1, 0.15) is 5.75 Å². The number of benzene rings is 1. The summed E-state index contributed by atoms with van der Waals surface area (Å²) < 4.78 is 6.83. The van der Waals surface area contributed by atoms with Crippen molar-refractivity contribution in [3.05, 3.63) is 35.7 Å². The molecule has 7 nitrogen and oxygen atoms in total. The van der Waals surface area contributed by atoms with E-state index in [0.717, 1.165) is 36.6 Å². The third-order valence-electron chi connectivity index (χ3n) is 4.53. The average Bonchev–Trinajstić information content (AvgIpc) is 2.98. The molecule has 25 heavy (non-hydrogen) atoms. The first kappa shape index (κ1) is 19.2. The number of carbonyl (C=O) groups excluding carboxylic acids is 1. The zero-order valence-corrected chi connectivity index (χ0v) is 15.5. The van der Waals surface area contributed by atoms with E-state index in [1.165, 1.54) is 0 Å². The van der Waals surface area contributed by atoms with Crippen molar-refractivity contribution in [2.24, 2.45) is 5.92 Å². The Kier molecular flexibility index (Phi) is 6.39. The molecule has 0 aliphatic carbocycles. The number of piperidine rings is 1. The van der Waals surface area contributed by atoms with Crippen LogP contribution in [-0.2, 0) is 0 Å². The van der Waals surface area contributed by atoms with E-state index in [1.54, 1.807) is 11.8 Å². The van der Waals surface area contributed by atoms with Crippen LogP contribution in [0.25, 0.3) is 5.69 Å². The molecule has 1 aromatic carbocycles. The lowest BCUT2D eigenvalue weighted by Gasteiger charge is -2.29. The van der Waals surface area contributed by atoms with Gasteiger partial charge in [0, 0.05) is 6.04 Å². The fourth-order valence-corrected chi connectivity index (χ4v) is 2.97. The molecule has 2 N–H and O–H groups in total. The van der Waals surface area contributed by atoms with Crippen molar-refractivity contribution in [3.8, 4) is 11.4 Å². The van der Waals surface area contributed by atoms with Gasteiger partial charge in [-0.1, -0.05) is 12.1 Å². The monoisotopic (exact) mass is 365 g/mol. The number of nitrogens with zero attached hydrogens (tertiary/aromatic N) is 3. The first-order chi connectivity index (χ1) is 11.6. The smallest absolute Gasteiger partial charge is 0.273 e. The quantitative estimate of drug-likeness (QED) is 0.862. The molecule has 1 amide bonds. The minimum atomic E-state index is -0.161. The molecule has 1 aromatic heterocycles. The summed E-state index contributed by atoms with van der Waals surface area (Å²) in [5.41, 5.74) is 1.94. The first-order valence-electron chi connectivity index (χ1n) is 8.18. The summed E-state index contributed by atoms with van der Waals surface area (Å²) in [6, 6.07) is 7.65. The Labute approximate surface area is 153 Å². The van der Waals surface area contributed by atoms with E-state index in [1.807, 2.05) is 31.2 Å². The van der Waals surface area contributed by atoms with Gasteiger partial charge in [-0.05, 0) is 56.6 Å². The van der Waals surface area contributed by atoms with Crippen LogP contribution in [0, 0.1) is 12.8 Å². The van der Waals surface area contributed by atoms with Crippen LogP contribution in [0.4, 0.5) is 0 Å². The molecule has 3 rings (SSSR count). The maximum Gasteiger partial charge on any atom is 0.273 e. The standard InChI is InChI=1S/C17H23N5O2.ClH/c1-11-10-18-9-8-15(11)19-17(23)16-12(2)22(21-20-16)13-4-6-14(24-3)7-5-13;/h4-7,11,15,18H,8-10H2,1-3H3,(H,19,23);1H. The number of ether oxygens (including phenoxy) is 1. The lowest BCUT2D eigenvalue weighted by molar-refractivity contribution is 0.0908. The highest BCUT2D eigenvalue weighted by Gasteiger charge is 2.25. The number of methoxy groups -OCH3 is 1. The van der Waals surface area contributed by atoms with Crippen LogP contribution in [0.5, 0.6) is 5.75 Å². The number of halogens is 1. The maximum absolute atomic E-state index is 12.6. The predicted molar refractivity (Wildman–Crippen MR) is 97.8 cm³/mol. The van der Waals surface area contributed by atoms with Crippen LogP contribution >= 0.6 is 12.4 Å². The normalized spacial score (nSPS) is 19.8. The molecule has 2 unspecified atom stereocenters. The highest BCUT2D eigenvalue weighted by atomic mass is 35.5. The molecule has 1 aliphatic rings. The summed E-state index contributed by atoms with van der Waals surface area (Å²) in [5, 5.41) is 14.6. The number of rotatable bonds is 4. The predicted octanol–water partition coefficient (Wildman–Crippen LogP) is 1.73. The second-order valence-corrected chi connectivity index (χ2v) is 6.18. The van der Waals surface area contributed by atoms with E-state index < -0.39 is 0 Å². The van der Waals surface area contributed by atoms with Crippen molar-refractivity contribution < 1.29 is 9.53 Å². The van der Waals surface area contributed by atoms with Gasteiger partial charge in [-0.3, -0.25) is 4.79 Å². The fourth-order valence-electron chi connectivity index (χ4n) is 2.97. The molecule has 0 radical (unpaired) electrons. The van der Waals surface area contributed by atoms with Gasteiger partial charge in [-0.2, -0.15) is 0 Å². The lowest BCUT2D eigenvalue weighted by atomic mass is 9.95. The van der Waals surface area contributed by atoms with Gasteiger partial charge < -0.3 is 15.4 Å². The van der Waals surface area contributed by atoms with Gasteiger partial charge >= 0.3 is 0 Å². The Morgan fingerprint density at radius 2 is 2.08 bits per heavy atom. The Morgan fingerprint density at radius 3 is 2.72 bits per heavy atom.